The van der Waals surface area contributed by atoms with Gasteiger partial charge in [-0.15, -0.1) is 0 Å². The van der Waals surface area contributed by atoms with E-state index in [-0.39, 0.29) is 0 Å². The molecule has 0 spiro atoms. The molecule has 0 aromatic heterocycles. The predicted molar refractivity (Wildman–Crippen MR) is 67.0 cm³/mol. The van der Waals surface area contributed by atoms with Crippen LogP contribution in [0.3, 0.4) is 0 Å². The van der Waals surface area contributed by atoms with Crippen LogP contribution in [0, 0.1) is 0 Å². The summed E-state index contributed by atoms with van der Waals surface area (Å²) < 4.78 is 0. The molecule has 0 fully saturated rings. The second-order valence-corrected chi connectivity index (χ2v) is 3.99. The van der Waals surface area contributed by atoms with Crippen LogP contribution < -0.4 is 10.6 Å². The van der Waals surface area contributed by atoms with Gasteiger partial charge in [0.15, 0.2) is 0 Å². The van der Waals surface area contributed by atoms with E-state index in [1.54, 1.807) is 0 Å². The number of rotatable bonds is 3. The first-order valence-corrected chi connectivity index (χ1v) is 5.63. The number of nitrogens with zero attached hydrogens (tertiary/aromatic N) is 1. The number of anilines is 2. The number of hydrogen-bond acceptors (Lipinski definition) is 2. The Morgan fingerprint density at radius 1 is 1.40 bits per heavy atom. The van der Waals surface area contributed by atoms with Crippen molar-refractivity contribution in [1.82, 2.24) is 0 Å². The van der Waals surface area contributed by atoms with Crippen molar-refractivity contribution >= 4 is 17.5 Å². The van der Waals surface area contributed by atoms with Crippen molar-refractivity contribution in [2.24, 2.45) is 0 Å². The zero-order chi connectivity index (χ0) is 10.7. The molecular weight excluding hydrogens is 184 g/mol. The van der Waals surface area contributed by atoms with Gasteiger partial charge in [-0.3, -0.25) is 0 Å². The maximum absolute atomic E-state index is 6.03. The summed E-state index contributed by atoms with van der Waals surface area (Å²) in [5, 5.41) is 0. The number of nitrogen functional groups attached to an aromatic ring is 1. The molecule has 0 unspecified atom stereocenters. The molecule has 1 aromatic rings. The summed E-state index contributed by atoms with van der Waals surface area (Å²) in [5.74, 6) is 0. The van der Waals surface area contributed by atoms with Gasteiger partial charge in [-0.2, -0.15) is 0 Å². The second-order valence-electron chi connectivity index (χ2n) is 3.99. The highest BCUT2D eigenvalue weighted by molar-refractivity contribution is 5.81. The lowest BCUT2D eigenvalue weighted by Gasteiger charge is -2.29. The molecule has 0 aliphatic carbocycles. The summed E-state index contributed by atoms with van der Waals surface area (Å²) in [4.78, 5) is 2.37. The molecule has 0 radical (unpaired) electrons. The largest absolute Gasteiger partial charge is 0.397 e. The van der Waals surface area contributed by atoms with E-state index >= 15 is 0 Å². The fourth-order valence-corrected chi connectivity index (χ4v) is 2.03. The predicted octanol–water partition coefficient (Wildman–Crippen LogP) is 2.90. The Morgan fingerprint density at radius 3 is 3.07 bits per heavy atom. The summed E-state index contributed by atoms with van der Waals surface area (Å²) in [5.41, 5.74) is 9.39. The van der Waals surface area contributed by atoms with Crippen molar-refractivity contribution in [3.8, 4) is 0 Å². The first-order chi connectivity index (χ1) is 7.33. The zero-order valence-electron chi connectivity index (χ0n) is 9.24. The molecule has 2 heteroatoms. The number of nitrogens with two attached hydrogens (primary N) is 1. The molecule has 1 aromatic carbocycles. The van der Waals surface area contributed by atoms with Crippen molar-refractivity contribution in [1.29, 1.82) is 0 Å². The molecule has 2 N–H and O–H groups in total. The number of benzene rings is 1. The maximum Gasteiger partial charge on any atom is 0.0676 e. The minimum absolute atomic E-state index is 0.896. The van der Waals surface area contributed by atoms with E-state index in [9.17, 15) is 0 Å². The summed E-state index contributed by atoms with van der Waals surface area (Å²) in [6.07, 6.45) is 6.81. The standard InChI is InChI=1S/C13H18N2/c1-2-3-9-15-10-5-7-11-6-4-8-12(14)13(11)15/h4-8H,2-3,9-10,14H2,1H3. The van der Waals surface area contributed by atoms with Crippen LogP contribution in [-0.4, -0.2) is 13.1 Å². The summed E-state index contributed by atoms with van der Waals surface area (Å²) in [7, 11) is 0. The van der Waals surface area contributed by atoms with Crippen LogP contribution in [0.1, 0.15) is 25.3 Å². The maximum atomic E-state index is 6.03. The van der Waals surface area contributed by atoms with Crippen molar-refractivity contribution in [3.63, 3.8) is 0 Å². The van der Waals surface area contributed by atoms with Gasteiger partial charge < -0.3 is 10.6 Å². The first kappa shape index (κ1) is 10.1. The van der Waals surface area contributed by atoms with Crippen molar-refractivity contribution in [2.45, 2.75) is 19.8 Å². The SMILES string of the molecule is CCCCN1CC=Cc2cccc(N)c21. The van der Waals surface area contributed by atoms with Crippen LogP contribution in [-0.2, 0) is 0 Å². The average Bonchev–Trinajstić information content (AvgIpc) is 2.26. The Balaban J connectivity index is 2.29. The van der Waals surface area contributed by atoms with Gasteiger partial charge >= 0.3 is 0 Å². The number of hydrogen-bond donors (Lipinski definition) is 1. The molecule has 15 heavy (non-hydrogen) atoms. The molecule has 0 bridgehead atoms. The van der Waals surface area contributed by atoms with Gasteiger partial charge in [-0.05, 0) is 18.1 Å². The lowest BCUT2D eigenvalue weighted by Crippen LogP contribution is -2.27. The smallest absolute Gasteiger partial charge is 0.0676 e. The third-order valence-corrected chi connectivity index (χ3v) is 2.82. The van der Waals surface area contributed by atoms with Crippen LogP contribution >= 0.6 is 0 Å². The Kier molecular flexibility index (Phi) is 2.95. The van der Waals surface area contributed by atoms with Gasteiger partial charge in [0, 0.05) is 13.1 Å². The van der Waals surface area contributed by atoms with Crippen LogP contribution in [0.25, 0.3) is 6.08 Å². The zero-order valence-corrected chi connectivity index (χ0v) is 9.24. The number of fused-ring (bicyclic) bond motifs is 1. The summed E-state index contributed by atoms with van der Waals surface area (Å²) >= 11 is 0. The fraction of sp³-hybridized carbons (Fsp3) is 0.385. The molecule has 2 rings (SSSR count). The molecule has 1 heterocycles. The topological polar surface area (TPSA) is 29.3 Å². The lowest BCUT2D eigenvalue weighted by atomic mass is 10.1. The van der Waals surface area contributed by atoms with Crippen LogP contribution in [0.4, 0.5) is 11.4 Å². The fourth-order valence-electron chi connectivity index (χ4n) is 2.03. The van der Waals surface area contributed by atoms with Crippen LogP contribution in [0.2, 0.25) is 0 Å². The van der Waals surface area contributed by atoms with E-state index in [2.05, 4.69) is 30.0 Å². The molecule has 1 aliphatic heterocycles. The van der Waals surface area contributed by atoms with Crippen LogP contribution in [0.5, 0.6) is 0 Å². The third kappa shape index (κ3) is 1.99. The van der Waals surface area contributed by atoms with Crippen molar-refractivity contribution in [2.75, 3.05) is 23.7 Å². The van der Waals surface area contributed by atoms with E-state index in [1.807, 2.05) is 12.1 Å². The van der Waals surface area contributed by atoms with E-state index in [0.717, 1.165) is 18.8 Å². The van der Waals surface area contributed by atoms with Crippen molar-refractivity contribution in [3.05, 3.63) is 29.8 Å². The van der Waals surface area contributed by atoms with Crippen LogP contribution in [0.15, 0.2) is 24.3 Å². The van der Waals surface area contributed by atoms with Gasteiger partial charge in [0.05, 0.1) is 11.4 Å². The molecule has 80 valence electrons. The third-order valence-electron chi connectivity index (χ3n) is 2.82. The number of para-hydroxylation sites is 1. The van der Waals surface area contributed by atoms with Gasteiger partial charge in [0.25, 0.3) is 0 Å². The minimum atomic E-state index is 0.896. The lowest BCUT2D eigenvalue weighted by molar-refractivity contribution is 0.744. The highest BCUT2D eigenvalue weighted by atomic mass is 15.1. The Morgan fingerprint density at radius 2 is 2.27 bits per heavy atom. The molecule has 1 aliphatic rings. The Bertz CT molecular complexity index is 369. The van der Waals surface area contributed by atoms with E-state index in [1.165, 1.54) is 24.1 Å². The molecular formula is C13H18N2. The summed E-state index contributed by atoms with van der Waals surface area (Å²) in [6, 6.07) is 6.12. The summed E-state index contributed by atoms with van der Waals surface area (Å²) in [6.45, 7) is 4.30. The molecule has 0 atom stereocenters. The monoisotopic (exact) mass is 202 g/mol. The second kappa shape index (κ2) is 4.39. The average molecular weight is 202 g/mol. The van der Waals surface area contributed by atoms with E-state index in [0.29, 0.717) is 0 Å². The molecule has 0 amide bonds. The van der Waals surface area contributed by atoms with E-state index < -0.39 is 0 Å². The molecule has 0 saturated heterocycles. The van der Waals surface area contributed by atoms with Gasteiger partial charge in [0.2, 0.25) is 0 Å². The van der Waals surface area contributed by atoms with Gasteiger partial charge in [-0.1, -0.05) is 37.6 Å². The highest BCUT2D eigenvalue weighted by Crippen LogP contribution is 2.31. The van der Waals surface area contributed by atoms with E-state index in [4.69, 9.17) is 5.73 Å². The van der Waals surface area contributed by atoms with Crippen molar-refractivity contribution < 1.29 is 0 Å². The Labute approximate surface area is 91.4 Å². The number of unbranched alkanes of at least 4 members (excludes halogenated alkanes) is 1. The quantitative estimate of drug-likeness (QED) is 0.764. The van der Waals surface area contributed by atoms with Gasteiger partial charge in [0.1, 0.15) is 0 Å². The Hall–Kier alpha value is -1.44. The normalized spacial score (nSPS) is 14.1. The molecule has 0 saturated carbocycles. The minimum Gasteiger partial charge on any atom is -0.397 e. The molecule has 2 nitrogen and oxygen atoms in total. The van der Waals surface area contributed by atoms with Gasteiger partial charge in [-0.25, -0.2) is 0 Å². The highest BCUT2D eigenvalue weighted by Gasteiger charge is 2.14. The first-order valence-electron chi connectivity index (χ1n) is 5.63.